The molecule has 1 heteroatoms. The number of Topliss-reactive ketones (excluding diaryl/α,β-unsaturated/α-hetero) is 1. The van der Waals surface area contributed by atoms with E-state index in [-0.39, 0.29) is 5.41 Å². The highest BCUT2D eigenvalue weighted by Crippen LogP contribution is 2.51. The van der Waals surface area contributed by atoms with Crippen LogP contribution in [0.25, 0.3) is 0 Å². The summed E-state index contributed by atoms with van der Waals surface area (Å²) < 4.78 is 0. The van der Waals surface area contributed by atoms with Crippen molar-refractivity contribution in [2.45, 2.75) is 73.1 Å². The predicted molar refractivity (Wildman–Crippen MR) is 90.2 cm³/mol. The van der Waals surface area contributed by atoms with Crippen LogP contribution in [0, 0.1) is 11.3 Å². The van der Waals surface area contributed by atoms with Gasteiger partial charge in [-0.3, -0.25) is 4.79 Å². The minimum Gasteiger partial charge on any atom is -0.295 e. The molecule has 116 valence electrons. The fourth-order valence-corrected chi connectivity index (χ4v) is 3.99. The van der Waals surface area contributed by atoms with Crippen molar-refractivity contribution >= 4 is 5.78 Å². The molecule has 2 atom stereocenters. The smallest absolute Gasteiger partial charge is 0.159 e. The van der Waals surface area contributed by atoms with Crippen LogP contribution in [0.3, 0.4) is 0 Å². The van der Waals surface area contributed by atoms with Gasteiger partial charge < -0.3 is 0 Å². The first-order valence-electron chi connectivity index (χ1n) is 8.35. The van der Waals surface area contributed by atoms with Crippen molar-refractivity contribution in [3.05, 3.63) is 34.4 Å². The first-order chi connectivity index (χ1) is 9.83. The van der Waals surface area contributed by atoms with E-state index in [0.29, 0.717) is 11.7 Å². The van der Waals surface area contributed by atoms with Crippen LogP contribution in [0.2, 0.25) is 0 Å². The summed E-state index contributed by atoms with van der Waals surface area (Å²) in [6.07, 6.45) is 11.1. The van der Waals surface area contributed by atoms with Gasteiger partial charge in [-0.1, -0.05) is 35.8 Å². The van der Waals surface area contributed by atoms with Gasteiger partial charge in [0, 0.05) is 6.42 Å². The van der Waals surface area contributed by atoms with Crippen molar-refractivity contribution in [3.8, 4) is 0 Å². The third-order valence-corrected chi connectivity index (χ3v) is 5.37. The molecule has 0 heterocycles. The third kappa shape index (κ3) is 3.56. The Morgan fingerprint density at radius 1 is 1.14 bits per heavy atom. The highest BCUT2D eigenvalue weighted by Gasteiger charge is 2.46. The van der Waals surface area contributed by atoms with Crippen LogP contribution in [0.4, 0.5) is 0 Å². The average Bonchev–Trinajstić information content (AvgIpc) is 2.64. The number of carbonyl (C=O) groups excluding carboxylic acids is 1. The van der Waals surface area contributed by atoms with Crippen LogP contribution in [-0.4, -0.2) is 5.78 Å². The Bertz CT molecular complexity index is 514. The highest BCUT2D eigenvalue weighted by molar-refractivity contribution is 5.99. The normalized spacial score (nSPS) is 33.7. The monoisotopic (exact) mass is 286 g/mol. The second-order valence-corrected chi connectivity index (χ2v) is 7.60. The van der Waals surface area contributed by atoms with Gasteiger partial charge in [0.15, 0.2) is 5.78 Å². The van der Waals surface area contributed by atoms with Crippen LogP contribution >= 0.6 is 0 Å². The van der Waals surface area contributed by atoms with E-state index in [1.807, 2.05) is 0 Å². The van der Waals surface area contributed by atoms with Gasteiger partial charge >= 0.3 is 0 Å². The maximum Gasteiger partial charge on any atom is 0.159 e. The molecule has 2 aliphatic carbocycles. The van der Waals surface area contributed by atoms with Gasteiger partial charge in [0.1, 0.15) is 0 Å². The number of rotatable bonds is 0. The van der Waals surface area contributed by atoms with Crippen molar-refractivity contribution in [1.29, 1.82) is 0 Å². The molecule has 0 amide bonds. The summed E-state index contributed by atoms with van der Waals surface area (Å²) in [5.41, 5.74) is 5.44. The van der Waals surface area contributed by atoms with Crippen LogP contribution < -0.4 is 0 Å². The molecule has 2 aliphatic rings. The zero-order valence-electron chi connectivity index (χ0n) is 14.4. The summed E-state index contributed by atoms with van der Waals surface area (Å²) in [5, 5.41) is 0. The molecule has 0 unspecified atom stereocenters. The lowest BCUT2D eigenvalue weighted by Gasteiger charge is -2.31. The largest absolute Gasteiger partial charge is 0.295 e. The van der Waals surface area contributed by atoms with E-state index in [4.69, 9.17) is 0 Å². The second kappa shape index (κ2) is 6.34. The van der Waals surface area contributed by atoms with Crippen molar-refractivity contribution in [1.82, 2.24) is 0 Å². The molecule has 1 saturated carbocycles. The van der Waals surface area contributed by atoms with Crippen molar-refractivity contribution < 1.29 is 4.79 Å². The van der Waals surface area contributed by atoms with Gasteiger partial charge in [-0.15, -0.1) is 0 Å². The first-order valence-corrected chi connectivity index (χ1v) is 8.35. The van der Waals surface area contributed by atoms with E-state index in [9.17, 15) is 4.79 Å². The Balaban J connectivity index is 2.40. The lowest BCUT2D eigenvalue weighted by molar-refractivity contribution is -0.115. The minimum atomic E-state index is 0.121. The number of ketones is 1. The van der Waals surface area contributed by atoms with Crippen LogP contribution in [0.5, 0.6) is 0 Å². The molecule has 0 aromatic heterocycles. The molecule has 0 aromatic carbocycles. The molecule has 0 radical (unpaired) electrons. The number of allylic oxidation sites excluding steroid dienone is 6. The second-order valence-electron chi connectivity index (χ2n) is 7.60. The quantitative estimate of drug-likeness (QED) is 0.408. The SMILES string of the molecule is CC1=CC[C@]2(C)CC(=O)C(=C(C)C)[C@H]2CC/C(C)=C/CC1. The van der Waals surface area contributed by atoms with Gasteiger partial charge in [-0.25, -0.2) is 0 Å². The molecular weight excluding hydrogens is 256 g/mol. The topological polar surface area (TPSA) is 17.1 Å². The van der Waals surface area contributed by atoms with E-state index >= 15 is 0 Å². The van der Waals surface area contributed by atoms with Crippen molar-refractivity contribution in [2.75, 3.05) is 0 Å². The van der Waals surface area contributed by atoms with Crippen LogP contribution in [-0.2, 0) is 4.79 Å². The van der Waals surface area contributed by atoms with E-state index in [1.54, 1.807) is 0 Å². The number of hydrogen-bond acceptors (Lipinski definition) is 1. The predicted octanol–water partition coefficient (Wildman–Crippen LogP) is 5.77. The summed E-state index contributed by atoms with van der Waals surface area (Å²) in [5.74, 6) is 0.827. The molecule has 21 heavy (non-hydrogen) atoms. The Morgan fingerprint density at radius 3 is 2.48 bits per heavy atom. The summed E-state index contributed by atoms with van der Waals surface area (Å²) >= 11 is 0. The number of fused-ring (bicyclic) bond motifs is 1. The van der Waals surface area contributed by atoms with Crippen LogP contribution in [0.15, 0.2) is 34.4 Å². The summed E-state index contributed by atoms with van der Waals surface area (Å²) in [6.45, 7) is 11.0. The molecule has 0 aromatic rings. The summed E-state index contributed by atoms with van der Waals surface area (Å²) in [7, 11) is 0. The Morgan fingerprint density at radius 2 is 1.81 bits per heavy atom. The summed E-state index contributed by atoms with van der Waals surface area (Å²) in [4.78, 5) is 12.5. The summed E-state index contributed by atoms with van der Waals surface area (Å²) in [6, 6.07) is 0. The fraction of sp³-hybridized carbons (Fsp3) is 0.650. The van der Waals surface area contributed by atoms with Gasteiger partial charge in [-0.2, -0.15) is 0 Å². The zero-order valence-corrected chi connectivity index (χ0v) is 14.4. The third-order valence-electron chi connectivity index (χ3n) is 5.37. The standard InChI is InChI=1S/C20H30O/c1-14(2)19-17-10-9-15(3)7-6-8-16(4)11-12-20(17,5)13-18(19)21/h7,11,17H,6,8-10,12-13H2,1-5H3/b15-7+,16-11?/t17-,20-/m1/s1. The van der Waals surface area contributed by atoms with E-state index in [0.717, 1.165) is 44.1 Å². The highest BCUT2D eigenvalue weighted by atomic mass is 16.1. The van der Waals surface area contributed by atoms with Gasteiger partial charge in [0.05, 0.1) is 0 Å². The van der Waals surface area contributed by atoms with Gasteiger partial charge in [-0.05, 0) is 76.7 Å². The molecule has 0 aliphatic heterocycles. The van der Waals surface area contributed by atoms with Crippen LogP contribution in [0.1, 0.15) is 73.1 Å². The van der Waals surface area contributed by atoms with E-state index in [1.165, 1.54) is 16.7 Å². The lowest BCUT2D eigenvalue weighted by Crippen LogP contribution is -2.22. The molecule has 0 saturated heterocycles. The maximum atomic E-state index is 12.5. The Kier molecular flexibility index (Phi) is 4.91. The molecule has 0 bridgehead atoms. The zero-order chi connectivity index (χ0) is 15.6. The molecule has 0 spiro atoms. The van der Waals surface area contributed by atoms with E-state index < -0.39 is 0 Å². The lowest BCUT2D eigenvalue weighted by atomic mass is 9.72. The first kappa shape index (κ1) is 16.3. The van der Waals surface area contributed by atoms with Gasteiger partial charge in [0.2, 0.25) is 0 Å². The molecule has 2 rings (SSSR count). The number of carbonyl (C=O) groups is 1. The van der Waals surface area contributed by atoms with Gasteiger partial charge in [0.25, 0.3) is 0 Å². The van der Waals surface area contributed by atoms with Crippen molar-refractivity contribution in [3.63, 3.8) is 0 Å². The van der Waals surface area contributed by atoms with Crippen molar-refractivity contribution in [2.24, 2.45) is 11.3 Å². The molecule has 1 nitrogen and oxygen atoms in total. The Labute approximate surface area is 130 Å². The molecule has 0 N–H and O–H groups in total. The van der Waals surface area contributed by atoms with E-state index in [2.05, 4.69) is 46.8 Å². The maximum absolute atomic E-state index is 12.5. The average molecular weight is 286 g/mol. The fourth-order valence-electron chi connectivity index (χ4n) is 3.99. The molecular formula is C20H30O. The molecule has 1 fully saturated rings. The Hall–Kier alpha value is -1.11. The minimum absolute atomic E-state index is 0.121. The number of hydrogen-bond donors (Lipinski definition) is 0.